The van der Waals surface area contributed by atoms with Crippen LogP contribution >= 0.6 is 0 Å². The summed E-state index contributed by atoms with van der Waals surface area (Å²) in [6, 6.07) is 0. The van der Waals surface area contributed by atoms with Crippen LogP contribution in [0.1, 0.15) is 6.92 Å². The largest absolute Gasteiger partial charge is 0.372 e. The summed E-state index contributed by atoms with van der Waals surface area (Å²) in [5, 5.41) is 2.94. The van der Waals surface area contributed by atoms with Crippen LogP contribution in [0.2, 0.25) is 0 Å². The molecule has 0 spiro atoms. The minimum Gasteiger partial charge on any atom is -0.372 e. The molecular weight excluding hydrogens is 236 g/mol. The molecule has 0 atom stereocenters. The summed E-state index contributed by atoms with van der Waals surface area (Å²) >= 11 is 0. The second-order valence-corrected chi connectivity index (χ2v) is 3.94. The van der Waals surface area contributed by atoms with E-state index in [0.29, 0.717) is 13.1 Å². The Hall–Kier alpha value is -1.91. The summed E-state index contributed by atoms with van der Waals surface area (Å²) in [6.07, 6.45) is 6.29. The standard InChI is InChI=1S/C13H17F2N3/c1-10(4-5-12(15)11(2)14)8-18-7-6-17-13(9-18)16-3/h4-6,9,16H,2,7-8H2,1,3H3/b10-4+,12-5+. The molecule has 0 bridgehead atoms. The molecule has 1 aliphatic heterocycles. The maximum absolute atomic E-state index is 12.9. The molecule has 3 nitrogen and oxygen atoms in total. The number of nitrogens with zero attached hydrogens (tertiary/aromatic N) is 2. The van der Waals surface area contributed by atoms with E-state index >= 15 is 0 Å². The van der Waals surface area contributed by atoms with Gasteiger partial charge >= 0.3 is 0 Å². The smallest absolute Gasteiger partial charge is 0.158 e. The lowest BCUT2D eigenvalue weighted by atomic mass is 10.2. The van der Waals surface area contributed by atoms with Crippen LogP contribution < -0.4 is 5.32 Å². The topological polar surface area (TPSA) is 27.6 Å². The lowest BCUT2D eigenvalue weighted by Crippen LogP contribution is -2.26. The van der Waals surface area contributed by atoms with Crippen molar-refractivity contribution in [1.29, 1.82) is 0 Å². The van der Waals surface area contributed by atoms with E-state index in [1.54, 1.807) is 19.3 Å². The second kappa shape index (κ2) is 6.74. The van der Waals surface area contributed by atoms with Gasteiger partial charge in [-0.2, -0.15) is 0 Å². The molecule has 1 heterocycles. The van der Waals surface area contributed by atoms with Gasteiger partial charge in [0.1, 0.15) is 5.82 Å². The Bertz CT molecular complexity index is 434. The summed E-state index contributed by atoms with van der Waals surface area (Å²) in [5.74, 6) is -1.23. The van der Waals surface area contributed by atoms with Gasteiger partial charge in [-0.3, -0.25) is 0 Å². The van der Waals surface area contributed by atoms with E-state index in [4.69, 9.17) is 0 Å². The van der Waals surface area contributed by atoms with Crippen LogP contribution in [0.4, 0.5) is 8.78 Å². The van der Waals surface area contributed by atoms with Crippen molar-refractivity contribution in [2.45, 2.75) is 6.92 Å². The van der Waals surface area contributed by atoms with E-state index < -0.39 is 11.7 Å². The third kappa shape index (κ3) is 4.53. The first-order valence-electron chi connectivity index (χ1n) is 5.57. The first-order valence-corrected chi connectivity index (χ1v) is 5.57. The van der Waals surface area contributed by atoms with E-state index in [2.05, 4.69) is 16.9 Å². The van der Waals surface area contributed by atoms with Crippen molar-refractivity contribution in [1.82, 2.24) is 10.2 Å². The number of nitrogens with one attached hydrogen (secondary N) is 1. The summed E-state index contributed by atoms with van der Waals surface area (Å²) in [7, 11) is 1.79. The molecule has 1 N–H and O–H groups in total. The van der Waals surface area contributed by atoms with E-state index in [1.807, 2.05) is 18.0 Å². The van der Waals surface area contributed by atoms with Crippen LogP contribution in [-0.2, 0) is 0 Å². The Morgan fingerprint density at radius 2 is 2.28 bits per heavy atom. The molecule has 0 amide bonds. The fourth-order valence-electron chi connectivity index (χ4n) is 1.42. The molecule has 1 rings (SSSR count). The lowest BCUT2D eigenvalue weighted by Gasteiger charge is -2.22. The third-order valence-electron chi connectivity index (χ3n) is 2.33. The Kier molecular flexibility index (Phi) is 5.30. The van der Waals surface area contributed by atoms with Crippen molar-refractivity contribution in [3.63, 3.8) is 0 Å². The van der Waals surface area contributed by atoms with Crippen molar-refractivity contribution >= 4 is 6.21 Å². The number of hydrogen-bond donors (Lipinski definition) is 1. The normalized spacial score (nSPS) is 16.7. The van der Waals surface area contributed by atoms with Crippen molar-refractivity contribution in [2.24, 2.45) is 4.99 Å². The highest BCUT2D eigenvalue weighted by Gasteiger charge is 2.05. The van der Waals surface area contributed by atoms with Crippen LogP contribution in [0.15, 0.2) is 53.0 Å². The molecule has 0 aliphatic carbocycles. The number of halogens is 2. The van der Waals surface area contributed by atoms with E-state index in [9.17, 15) is 8.78 Å². The maximum atomic E-state index is 12.9. The molecule has 0 radical (unpaired) electrons. The Labute approximate surface area is 106 Å². The maximum Gasteiger partial charge on any atom is 0.158 e. The molecule has 1 aliphatic rings. The molecule has 0 aromatic rings. The van der Waals surface area contributed by atoms with E-state index in [-0.39, 0.29) is 0 Å². The van der Waals surface area contributed by atoms with E-state index in [1.165, 1.54) is 0 Å². The fraction of sp³-hybridized carbons (Fsp3) is 0.308. The average molecular weight is 253 g/mol. The SMILES string of the molecule is C=C(F)/C(F)=C\C=C(/C)CN1C=C(NC)N=CC1. The minimum atomic E-state index is -1.05. The summed E-state index contributed by atoms with van der Waals surface area (Å²) in [6.45, 7) is 6.05. The predicted octanol–water partition coefficient (Wildman–Crippen LogP) is 2.67. The lowest BCUT2D eigenvalue weighted by molar-refractivity contribution is 0.452. The van der Waals surface area contributed by atoms with Crippen LogP contribution in [0.5, 0.6) is 0 Å². The predicted molar refractivity (Wildman–Crippen MR) is 70.4 cm³/mol. The van der Waals surface area contributed by atoms with Gasteiger partial charge in [0.2, 0.25) is 0 Å². The Morgan fingerprint density at radius 1 is 1.56 bits per heavy atom. The van der Waals surface area contributed by atoms with Gasteiger partial charge in [-0.25, -0.2) is 13.8 Å². The zero-order valence-corrected chi connectivity index (χ0v) is 10.6. The molecule has 0 unspecified atom stereocenters. The van der Waals surface area contributed by atoms with Crippen molar-refractivity contribution in [2.75, 3.05) is 20.1 Å². The van der Waals surface area contributed by atoms with Gasteiger partial charge in [0, 0.05) is 26.0 Å². The highest BCUT2D eigenvalue weighted by Crippen LogP contribution is 2.11. The van der Waals surface area contributed by atoms with Crippen LogP contribution in [0.3, 0.4) is 0 Å². The van der Waals surface area contributed by atoms with Crippen molar-refractivity contribution in [3.8, 4) is 0 Å². The van der Waals surface area contributed by atoms with Crippen molar-refractivity contribution < 1.29 is 8.78 Å². The van der Waals surface area contributed by atoms with Gasteiger partial charge in [-0.05, 0) is 13.0 Å². The molecule has 98 valence electrons. The number of allylic oxidation sites excluding steroid dienone is 4. The second-order valence-electron chi connectivity index (χ2n) is 3.94. The first kappa shape index (κ1) is 14.2. The third-order valence-corrected chi connectivity index (χ3v) is 2.33. The highest BCUT2D eigenvalue weighted by atomic mass is 19.2. The Balaban J connectivity index is 2.60. The molecule has 18 heavy (non-hydrogen) atoms. The van der Waals surface area contributed by atoms with Gasteiger partial charge < -0.3 is 10.2 Å². The van der Waals surface area contributed by atoms with Gasteiger partial charge in [0.25, 0.3) is 0 Å². The summed E-state index contributed by atoms with van der Waals surface area (Å²) in [4.78, 5) is 6.15. The average Bonchev–Trinajstić information content (AvgIpc) is 2.36. The zero-order chi connectivity index (χ0) is 13.5. The molecule has 0 fully saturated rings. The molecule has 0 saturated heterocycles. The number of aliphatic imine (C=N–C) groups is 1. The van der Waals surface area contributed by atoms with E-state index in [0.717, 1.165) is 17.5 Å². The molecule has 0 aromatic carbocycles. The summed E-state index contributed by atoms with van der Waals surface area (Å²) < 4.78 is 25.3. The van der Waals surface area contributed by atoms with Gasteiger partial charge in [-0.1, -0.05) is 18.2 Å². The van der Waals surface area contributed by atoms with Gasteiger partial charge in [-0.15, -0.1) is 0 Å². The van der Waals surface area contributed by atoms with Crippen LogP contribution in [0.25, 0.3) is 0 Å². The van der Waals surface area contributed by atoms with Crippen LogP contribution in [0, 0.1) is 0 Å². The molecule has 5 heteroatoms. The number of hydrogen-bond acceptors (Lipinski definition) is 3. The van der Waals surface area contributed by atoms with Gasteiger partial charge in [0.05, 0.1) is 6.54 Å². The summed E-state index contributed by atoms with van der Waals surface area (Å²) in [5.41, 5.74) is 0.911. The van der Waals surface area contributed by atoms with Crippen LogP contribution in [-0.4, -0.2) is 31.3 Å². The first-order chi connectivity index (χ1) is 8.52. The van der Waals surface area contributed by atoms with Gasteiger partial charge in [0.15, 0.2) is 11.7 Å². The number of rotatable bonds is 5. The zero-order valence-electron chi connectivity index (χ0n) is 10.6. The minimum absolute atomic E-state index is 0.625. The molecular formula is C13H17F2N3. The fourth-order valence-corrected chi connectivity index (χ4v) is 1.42. The Morgan fingerprint density at radius 3 is 2.89 bits per heavy atom. The van der Waals surface area contributed by atoms with Crippen molar-refractivity contribution in [3.05, 3.63) is 48.0 Å². The quantitative estimate of drug-likeness (QED) is 0.763. The monoisotopic (exact) mass is 253 g/mol. The molecule has 0 aromatic heterocycles. The highest BCUT2D eigenvalue weighted by molar-refractivity contribution is 5.62. The molecule has 0 saturated carbocycles.